The summed E-state index contributed by atoms with van der Waals surface area (Å²) in [5.41, 5.74) is 8.38. The van der Waals surface area contributed by atoms with Crippen molar-refractivity contribution in [3.8, 4) is 11.8 Å². The van der Waals surface area contributed by atoms with E-state index in [0.717, 1.165) is 50.0 Å². The summed E-state index contributed by atoms with van der Waals surface area (Å²) in [5.74, 6) is 5.77. The van der Waals surface area contributed by atoms with Crippen LogP contribution >= 0.6 is 0 Å². The molecule has 192 valence electrons. The molecule has 1 aromatic carbocycles. The molecule has 0 spiro atoms. The summed E-state index contributed by atoms with van der Waals surface area (Å²) >= 11 is 0. The van der Waals surface area contributed by atoms with E-state index in [4.69, 9.17) is 5.73 Å². The Labute approximate surface area is 213 Å². The molecule has 2 saturated heterocycles. The predicted molar refractivity (Wildman–Crippen MR) is 137 cm³/mol. The molecule has 3 heterocycles. The lowest BCUT2D eigenvalue weighted by Gasteiger charge is -2.36. The SMILES string of the molecule is N[C@H]1CC[C@@H](NC2CCN(CCC#Cc3cccc4c3CN(C3CCC(=O)NC3=O)C4=O)CC2)CC1. The maximum Gasteiger partial charge on any atom is 0.255 e. The predicted octanol–water partition coefficient (Wildman–Crippen LogP) is 1.51. The highest BCUT2D eigenvalue weighted by Crippen LogP contribution is 2.29. The van der Waals surface area contributed by atoms with Gasteiger partial charge in [-0.3, -0.25) is 19.7 Å². The molecule has 4 aliphatic rings. The average molecular weight is 492 g/mol. The lowest BCUT2D eigenvalue weighted by atomic mass is 9.90. The Morgan fingerprint density at radius 2 is 1.75 bits per heavy atom. The molecule has 1 atom stereocenters. The number of piperidine rings is 2. The van der Waals surface area contributed by atoms with E-state index in [1.807, 2.05) is 12.1 Å². The summed E-state index contributed by atoms with van der Waals surface area (Å²) < 4.78 is 0. The Morgan fingerprint density at radius 3 is 2.50 bits per heavy atom. The fourth-order valence-corrected chi connectivity index (χ4v) is 6.02. The van der Waals surface area contributed by atoms with Crippen LogP contribution in [0.15, 0.2) is 18.2 Å². The number of rotatable bonds is 5. The van der Waals surface area contributed by atoms with E-state index in [1.165, 1.54) is 25.7 Å². The highest BCUT2D eigenvalue weighted by Gasteiger charge is 2.39. The second kappa shape index (κ2) is 11.1. The number of carbonyl (C=O) groups excluding carboxylic acids is 3. The van der Waals surface area contributed by atoms with Crippen molar-refractivity contribution in [3.05, 3.63) is 34.9 Å². The molecule has 3 fully saturated rings. The third-order valence-electron chi connectivity index (χ3n) is 8.19. The van der Waals surface area contributed by atoms with E-state index >= 15 is 0 Å². The molecular formula is C28H37N5O3. The van der Waals surface area contributed by atoms with Gasteiger partial charge in [-0.15, -0.1) is 0 Å². The first-order chi connectivity index (χ1) is 17.5. The molecule has 8 nitrogen and oxygen atoms in total. The minimum Gasteiger partial charge on any atom is -0.328 e. The highest BCUT2D eigenvalue weighted by molar-refractivity contribution is 6.05. The zero-order chi connectivity index (χ0) is 25.1. The Bertz CT molecular complexity index is 1060. The molecule has 1 aromatic rings. The van der Waals surface area contributed by atoms with Crippen LogP contribution in [0.1, 0.15) is 79.3 Å². The summed E-state index contributed by atoms with van der Waals surface area (Å²) in [6.07, 6.45) is 8.46. The van der Waals surface area contributed by atoms with Crippen molar-refractivity contribution in [2.24, 2.45) is 5.73 Å². The molecule has 3 aliphatic heterocycles. The summed E-state index contributed by atoms with van der Waals surface area (Å²) in [6, 6.07) is 6.65. The standard InChI is InChI=1S/C28H37N5O3/c29-20-7-9-21(10-8-20)30-22-13-16-32(17-14-22)15-2-1-4-19-5-3-6-23-24(19)18-33(28(23)36)25-11-12-26(34)31-27(25)35/h3,5-6,20-22,25,30H,2,7-18,29H2,(H,31,34,35)/t20-,21+,25?. The minimum absolute atomic E-state index is 0.157. The molecule has 1 saturated carbocycles. The second-order valence-electron chi connectivity index (χ2n) is 10.7. The number of carbonyl (C=O) groups is 3. The van der Waals surface area contributed by atoms with Crippen molar-refractivity contribution < 1.29 is 14.4 Å². The molecular weight excluding hydrogens is 454 g/mol. The van der Waals surface area contributed by atoms with E-state index in [-0.39, 0.29) is 24.1 Å². The van der Waals surface area contributed by atoms with Crippen LogP contribution in [0.5, 0.6) is 0 Å². The highest BCUT2D eigenvalue weighted by atomic mass is 16.2. The Kier molecular flexibility index (Phi) is 7.70. The summed E-state index contributed by atoms with van der Waals surface area (Å²) in [6.45, 7) is 3.51. The zero-order valence-corrected chi connectivity index (χ0v) is 20.9. The molecule has 1 aliphatic carbocycles. The van der Waals surface area contributed by atoms with E-state index < -0.39 is 6.04 Å². The fraction of sp³-hybridized carbons (Fsp3) is 0.607. The van der Waals surface area contributed by atoms with Gasteiger partial charge in [0.15, 0.2) is 0 Å². The number of benzene rings is 1. The van der Waals surface area contributed by atoms with Gasteiger partial charge in [-0.1, -0.05) is 17.9 Å². The Balaban J connectivity index is 1.10. The molecule has 5 rings (SSSR count). The minimum atomic E-state index is -0.600. The topological polar surface area (TPSA) is 108 Å². The van der Waals surface area contributed by atoms with Gasteiger partial charge < -0.3 is 20.9 Å². The first-order valence-electron chi connectivity index (χ1n) is 13.5. The smallest absolute Gasteiger partial charge is 0.255 e. The number of hydrogen-bond donors (Lipinski definition) is 3. The Hall–Kier alpha value is -2.73. The average Bonchev–Trinajstić information content (AvgIpc) is 3.21. The normalized spacial score (nSPS) is 27.4. The van der Waals surface area contributed by atoms with Gasteiger partial charge in [-0.25, -0.2) is 0 Å². The van der Waals surface area contributed by atoms with Crippen LogP contribution in [0, 0.1) is 11.8 Å². The van der Waals surface area contributed by atoms with E-state index in [0.29, 0.717) is 36.7 Å². The van der Waals surface area contributed by atoms with Gasteiger partial charge in [-0.05, 0) is 75.7 Å². The molecule has 8 heteroatoms. The summed E-state index contributed by atoms with van der Waals surface area (Å²) in [7, 11) is 0. The third kappa shape index (κ3) is 5.64. The van der Waals surface area contributed by atoms with Gasteiger partial charge in [-0.2, -0.15) is 0 Å². The largest absolute Gasteiger partial charge is 0.328 e. The van der Waals surface area contributed by atoms with Crippen LogP contribution in [0.25, 0.3) is 0 Å². The number of amides is 3. The molecule has 0 aromatic heterocycles. The molecule has 0 bridgehead atoms. The van der Waals surface area contributed by atoms with Crippen LogP contribution in [0.4, 0.5) is 0 Å². The van der Waals surface area contributed by atoms with Gasteiger partial charge >= 0.3 is 0 Å². The quantitative estimate of drug-likeness (QED) is 0.426. The molecule has 4 N–H and O–H groups in total. The zero-order valence-electron chi connectivity index (χ0n) is 20.9. The second-order valence-corrected chi connectivity index (χ2v) is 10.7. The van der Waals surface area contributed by atoms with Crippen molar-refractivity contribution in [2.75, 3.05) is 19.6 Å². The number of nitrogens with one attached hydrogen (secondary N) is 2. The van der Waals surface area contributed by atoms with Crippen LogP contribution in [-0.2, 0) is 16.1 Å². The number of fused-ring (bicyclic) bond motifs is 1. The molecule has 36 heavy (non-hydrogen) atoms. The maximum atomic E-state index is 13.0. The van der Waals surface area contributed by atoms with Crippen molar-refractivity contribution in [3.63, 3.8) is 0 Å². The molecule has 1 unspecified atom stereocenters. The molecule has 3 amide bonds. The first kappa shape index (κ1) is 24.9. The van der Waals surface area contributed by atoms with Crippen LogP contribution in [0.2, 0.25) is 0 Å². The Morgan fingerprint density at radius 1 is 1.00 bits per heavy atom. The monoisotopic (exact) mass is 491 g/mol. The number of nitrogens with two attached hydrogens (primary N) is 1. The number of imide groups is 1. The number of likely N-dealkylation sites (tertiary alicyclic amines) is 1. The molecule has 0 radical (unpaired) electrons. The van der Waals surface area contributed by atoms with Crippen molar-refractivity contribution in [1.82, 2.24) is 20.4 Å². The van der Waals surface area contributed by atoms with E-state index in [2.05, 4.69) is 27.4 Å². The van der Waals surface area contributed by atoms with Crippen LogP contribution in [0.3, 0.4) is 0 Å². The number of hydrogen-bond acceptors (Lipinski definition) is 6. The van der Waals surface area contributed by atoms with Gasteiger partial charge in [0.05, 0.1) is 0 Å². The van der Waals surface area contributed by atoms with Crippen LogP contribution in [-0.4, -0.2) is 71.3 Å². The van der Waals surface area contributed by atoms with Gasteiger partial charge in [0.2, 0.25) is 11.8 Å². The van der Waals surface area contributed by atoms with Gasteiger partial charge in [0.25, 0.3) is 5.91 Å². The maximum absolute atomic E-state index is 13.0. The fourth-order valence-electron chi connectivity index (χ4n) is 6.02. The van der Waals surface area contributed by atoms with Gasteiger partial charge in [0.1, 0.15) is 6.04 Å². The third-order valence-corrected chi connectivity index (χ3v) is 8.19. The first-order valence-corrected chi connectivity index (χ1v) is 13.5. The number of nitrogens with zero attached hydrogens (tertiary/aromatic N) is 2. The summed E-state index contributed by atoms with van der Waals surface area (Å²) in [4.78, 5) is 40.8. The van der Waals surface area contributed by atoms with E-state index in [1.54, 1.807) is 11.0 Å². The lowest BCUT2D eigenvalue weighted by Crippen LogP contribution is -2.52. The van der Waals surface area contributed by atoms with Crippen molar-refractivity contribution in [2.45, 2.75) is 88.5 Å². The summed E-state index contributed by atoms with van der Waals surface area (Å²) in [5, 5.41) is 6.22. The van der Waals surface area contributed by atoms with Gasteiger partial charge in [0, 0.05) is 55.2 Å². The van der Waals surface area contributed by atoms with Crippen molar-refractivity contribution in [1.29, 1.82) is 0 Å². The van der Waals surface area contributed by atoms with Crippen LogP contribution < -0.4 is 16.4 Å². The van der Waals surface area contributed by atoms with E-state index in [9.17, 15) is 14.4 Å². The lowest BCUT2D eigenvalue weighted by molar-refractivity contribution is -0.136. The van der Waals surface area contributed by atoms with Crippen molar-refractivity contribution >= 4 is 17.7 Å².